The Labute approximate surface area is 163 Å². The molecule has 1 aromatic carbocycles. The van der Waals surface area contributed by atoms with Gasteiger partial charge in [-0.25, -0.2) is 9.78 Å². The highest BCUT2D eigenvalue weighted by molar-refractivity contribution is 5.96. The highest BCUT2D eigenvalue weighted by Crippen LogP contribution is 2.29. The molecule has 6 heteroatoms. The number of rotatable bonds is 5. The van der Waals surface area contributed by atoms with Gasteiger partial charge in [0.2, 0.25) is 5.88 Å². The Kier molecular flexibility index (Phi) is 5.59. The first-order chi connectivity index (χ1) is 13.4. The highest BCUT2D eigenvalue weighted by Gasteiger charge is 2.16. The summed E-state index contributed by atoms with van der Waals surface area (Å²) in [6.45, 7) is 7.48. The summed E-state index contributed by atoms with van der Waals surface area (Å²) in [6.07, 6.45) is 1.65. The molecule has 144 valence electrons. The summed E-state index contributed by atoms with van der Waals surface area (Å²) < 4.78 is 11.1. The van der Waals surface area contributed by atoms with Crippen LogP contribution in [0.25, 0.3) is 0 Å². The fourth-order valence-electron chi connectivity index (χ4n) is 3.07. The van der Waals surface area contributed by atoms with Crippen LogP contribution in [-0.4, -0.2) is 10.9 Å². The third-order valence-corrected chi connectivity index (χ3v) is 4.46. The molecule has 28 heavy (non-hydrogen) atoms. The molecule has 0 unspecified atom stereocenters. The van der Waals surface area contributed by atoms with E-state index in [1.807, 2.05) is 38.1 Å². The molecule has 0 aliphatic heterocycles. The third kappa shape index (κ3) is 4.11. The van der Waals surface area contributed by atoms with Gasteiger partial charge in [0.15, 0.2) is 0 Å². The number of aryl methyl sites for hydroxylation is 4. The lowest BCUT2D eigenvalue weighted by molar-refractivity contribution is 0.0946. The molecule has 3 aromatic rings. The number of amides is 1. The minimum Gasteiger partial charge on any atom is -0.438 e. The molecule has 2 aromatic heterocycles. The number of carbonyl (C=O) groups excluding carboxylic acids is 1. The van der Waals surface area contributed by atoms with Crippen molar-refractivity contribution in [1.29, 1.82) is 0 Å². The number of nitrogens with zero attached hydrogens (tertiary/aromatic N) is 1. The minimum absolute atomic E-state index is 0.227. The van der Waals surface area contributed by atoms with E-state index >= 15 is 0 Å². The van der Waals surface area contributed by atoms with E-state index in [-0.39, 0.29) is 12.5 Å². The number of ether oxygens (including phenoxy) is 1. The second-order valence-electron chi connectivity index (χ2n) is 6.65. The van der Waals surface area contributed by atoms with Crippen LogP contribution in [0.2, 0.25) is 0 Å². The maximum absolute atomic E-state index is 12.6. The lowest BCUT2D eigenvalue weighted by atomic mass is 10.1. The predicted octanol–water partition coefficient (Wildman–Crippen LogP) is 3.99. The zero-order chi connectivity index (χ0) is 20.3. The van der Waals surface area contributed by atoms with Gasteiger partial charge in [0.1, 0.15) is 11.5 Å². The van der Waals surface area contributed by atoms with E-state index < -0.39 is 5.63 Å². The largest absolute Gasteiger partial charge is 0.438 e. The number of nitrogens with one attached hydrogen (secondary N) is 1. The van der Waals surface area contributed by atoms with Gasteiger partial charge >= 0.3 is 5.63 Å². The summed E-state index contributed by atoms with van der Waals surface area (Å²) >= 11 is 0. The van der Waals surface area contributed by atoms with Crippen molar-refractivity contribution in [2.45, 2.75) is 34.2 Å². The van der Waals surface area contributed by atoms with Crippen molar-refractivity contribution in [2.75, 3.05) is 0 Å². The Bertz CT molecular complexity index is 1040. The van der Waals surface area contributed by atoms with Gasteiger partial charge in [-0.2, -0.15) is 0 Å². The van der Waals surface area contributed by atoms with Crippen LogP contribution in [0.5, 0.6) is 11.6 Å². The number of pyridine rings is 1. The fourth-order valence-corrected chi connectivity index (χ4v) is 3.07. The van der Waals surface area contributed by atoms with Gasteiger partial charge in [0.25, 0.3) is 5.91 Å². The summed E-state index contributed by atoms with van der Waals surface area (Å²) in [5.74, 6) is 1.17. The molecule has 6 nitrogen and oxygen atoms in total. The summed E-state index contributed by atoms with van der Waals surface area (Å²) in [5, 5.41) is 2.85. The van der Waals surface area contributed by atoms with E-state index in [4.69, 9.17) is 9.15 Å². The van der Waals surface area contributed by atoms with Gasteiger partial charge in [-0.1, -0.05) is 24.3 Å². The van der Waals surface area contributed by atoms with Crippen molar-refractivity contribution in [3.05, 3.63) is 86.6 Å². The lowest BCUT2D eigenvalue weighted by Gasteiger charge is -2.14. The Morgan fingerprint density at radius 2 is 1.79 bits per heavy atom. The van der Waals surface area contributed by atoms with E-state index in [0.717, 1.165) is 22.4 Å². The fraction of sp³-hybridized carbons (Fsp3) is 0.227. The minimum atomic E-state index is -0.469. The quantitative estimate of drug-likeness (QED) is 0.726. The molecule has 0 aliphatic rings. The van der Waals surface area contributed by atoms with Crippen LogP contribution in [0.4, 0.5) is 0 Å². The van der Waals surface area contributed by atoms with Gasteiger partial charge in [-0.05, 0) is 50.5 Å². The first-order valence-corrected chi connectivity index (χ1v) is 8.94. The summed E-state index contributed by atoms with van der Waals surface area (Å²) in [4.78, 5) is 28.3. The summed E-state index contributed by atoms with van der Waals surface area (Å²) in [5.41, 5.74) is 3.22. The van der Waals surface area contributed by atoms with Crippen molar-refractivity contribution >= 4 is 5.91 Å². The van der Waals surface area contributed by atoms with Gasteiger partial charge in [-0.15, -0.1) is 0 Å². The van der Waals surface area contributed by atoms with Crippen molar-refractivity contribution in [2.24, 2.45) is 0 Å². The zero-order valence-corrected chi connectivity index (χ0v) is 16.3. The van der Waals surface area contributed by atoms with E-state index in [9.17, 15) is 9.59 Å². The molecule has 1 amide bonds. The van der Waals surface area contributed by atoms with Crippen LogP contribution in [-0.2, 0) is 6.54 Å². The van der Waals surface area contributed by atoms with E-state index in [1.54, 1.807) is 26.1 Å². The van der Waals surface area contributed by atoms with Crippen LogP contribution in [0.3, 0.4) is 0 Å². The smallest absolute Gasteiger partial charge is 0.336 e. The summed E-state index contributed by atoms with van der Waals surface area (Å²) in [6, 6.07) is 10.9. The summed E-state index contributed by atoms with van der Waals surface area (Å²) in [7, 11) is 0. The molecule has 0 fully saturated rings. The van der Waals surface area contributed by atoms with Gasteiger partial charge in [-0.3, -0.25) is 4.79 Å². The standard InChI is InChI=1S/C22H22N2O4/c1-13-7-5-8-14(2)20(13)28-22-17(9-6-10-23-22)12-24-21(26)19-15(3)11-18(25)27-16(19)4/h5-11H,12H2,1-4H3,(H,24,26). The lowest BCUT2D eigenvalue weighted by Crippen LogP contribution is -2.25. The second kappa shape index (κ2) is 8.08. The first-order valence-electron chi connectivity index (χ1n) is 8.94. The molecule has 3 rings (SSSR count). The van der Waals surface area contributed by atoms with Crippen LogP contribution >= 0.6 is 0 Å². The second-order valence-corrected chi connectivity index (χ2v) is 6.65. The SMILES string of the molecule is Cc1cccc(C)c1Oc1ncccc1CNC(=O)c1c(C)cc(=O)oc1C. The number of aromatic nitrogens is 1. The number of carbonyl (C=O) groups is 1. The molecule has 0 bridgehead atoms. The molecule has 0 saturated heterocycles. The van der Waals surface area contributed by atoms with Gasteiger partial charge < -0.3 is 14.5 Å². The molecule has 2 heterocycles. The van der Waals surface area contributed by atoms with E-state index in [0.29, 0.717) is 22.8 Å². The van der Waals surface area contributed by atoms with Crippen LogP contribution < -0.4 is 15.7 Å². The van der Waals surface area contributed by atoms with Crippen molar-refractivity contribution in [3.63, 3.8) is 0 Å². The van der Waals surface area contributed by atoms with Gasteiger partial charge in [0.05, 0.1) is 5.56 Å². The normalized spacial score (nSPS) is 10.6. The Balaban J connectivity index is 1.81. The van der Waals surface area contributed by atoms with Gasteiger partial charge in [0, 0.05) is 24.4 Å². The molecule has 0 radical (unpaired) electrons. The molecular formula is C22H22N2O4. The van der Waals surface area contributed by atoms with Crippen LogP contribution in [0.1, 0.15) is 38.4 Å². The van der Waals surface area contributed by atoms with Crippen molar-refractivity contribution < 1.29 is 13.9 Å². The number of hydrogen-bond donors (Lipinski definition) is 1. The molecular weight excluding hydrogens is 356 g/mol. The molecule has 0 spiro atoms. The molecule has 0 aliphatic carbocycles. The maximum Gasteiger partial charge on any atom is 0.336 e. The molecule has 1 N–H and O–H groups in total. The van der Waals surface area contributed by atoms with E-state index in [1.165, 1.54) is 6.07 Å². The number of para-hydroxylation sites is 1. The Hall–Kier alpha value is -3.41. The van der Waals surface area contributed by atoms with Crippen molar-refractivity contribution in [1.82, 2.24) is 10.3 Å². The predicted molar refractivity (Wildman–Crippen MR) is 106 cm³/mol. The topological polar surface area (TPSA) is 81.4 Å². The Morgan fingerprint density at radius 3 is 2.46 bits per heavy atom. The molecule has 0 atom stereocenters. The monoisotopic (exact) mass is 378 g/mol. The highest BCUT2D eigenvalue weighted by atomic mass is 16.5. The average molecular weight is 378 g/mol. The maximum atomic E-state index is 12.6. The Morgan fingerprint density at radius 1 is 1.07 bits per heavy atom. The average Bonchev–Trinajstić information content (AvgIpc) is 2.63. The van der Waals surface area contributed by atoms with Crippen molar-refractivity contribution in [3.8, 4) is 11.6 Å². The van der Waals surface area contributed by atoms with E-state index in [2.05, 4.69) is 10.3 Å². The molecule has 0 saturated carbocycles. The first kappa shape index (κ1) is 19.4. The number of hydrogen-bond acceptors (Lipinski definition) is 5. The zero-order valence-electron chi connectivity index (χ0n) is 16.3. The third-order valence-electron chi connectivity index (χ3n) is 4.46. The van der Waals surface area contributed by atoms with Crippen LogP contribution in [0.15, 0.2) is 51.8 Å². The van der Waals surface area contributed by atoms with Crippen LogP contribution in [0, 0.1) is 27.7 Å². The number of benzene rings is 1.